The van der Waals surface area contributed by atoms with E-state index in [1.807, 2.05) is 6.07 Å². The molecule has 4 fully saturated rings. The van der Waals surface area contributed by atoms with Gasteiger partial charge in [-0.15, -0.1) is 0 Å². The molecule has 5 aliphatic carbocycles. The van der Waals surface area contributed by atoms with E-state index in [-0.39, 0.29) is 5.41 Å². The molecular formula is C35H31NO. The monoisotopic (exact) mass is 481 g/mol. The molecule has 1 N–H and O–H groups in total. The van der Waals surface area contributed by atoms with E-state index >= 15 is 0 Å². The van der Waals surface area contributed by atoms with Crippen LogP contribution < -0.4 is 5.32 Å². The predicted octanol–water partition coefficient (Wildman–Crippen LogP) is 9.44. The van der Waals surface area contributed by atoms with Gasteiger partial charge in [-0.25, -0.2) is 0 Å². The zero-order valence-corrected chi connectivity index (χ0v) is 21.0. The first-order valence-electron chi connectivity index (χ1n) is 14.2. The number of anilines is 2. The Bertz CT molecular complexity index is 1700. The molecule has 0 saturated heterocycles. The molecule has 2 heteroatoms. The minimum Gasteiger partial charge on any atom is -0.456 e. The highest BCUT2D eigenvalue weighted by molar-refractivity contribution is 6.12. The molecule has 4 aromatic carbocycles. The Hall–Kier alpha value is -3.52. The van der Waals surface area contributed by atoms with Crippen molar-refractivity contribution in [2.75, 3.05) is 5.32 Å². The molecule has 1 spiro atoms. The number of nitrogens with one attached hydrogen (secondary N) is 1. The van der Waals surface area contributed by atoms with Crippen LogP contribution in [0.3, 0.4) is 0 Å². The van der Waals surface area contributed by atoms with Crippen molar-refractivity contribution in [3.63, 3.8) is 0 Å². The number of benzene rings is 4. The standard InChI is InChI=1S/C35H31NO/c1-3-9-27-25(7-1)33-28(35(27)23-16-15-21-17-22(19-23)20-24(35)18-21)10-5-11-29(33)36-30-12-6-14-32-34(30)26-8-2-4-13-31(26)37-32/h1-14,21-24,36H,15-20H2. The summed E-state index contributed by atoms with van der Waals surface area (Å²) in [5.74, 6) is 3.43. The Kier molecular flexibility index (Phi) is 4.04. The zero-order valence-electron chi connectivity index (χ0n) is 21.0. The number of fused-ring (bicyclic) bond motifs is 7. The van der Waals surface area contributed by atoms with Crippen molar-refractivity contribution < 1.29 is 4.42 Å². The number of hydrogen-bond acceptors (Lipinski definition) is 2. The first kappa shape index (κ1) is 20.5. The van der Waals surface area contributed by atoms with E-state index in [0.29, 0.717) is 0 Å². The van der Waals surface area contributed by atoms with Crippen molar-refractivity contribution in [1.82, 2.24) is 0 Å². The molecule has 5 unspecified atom stereocenters. The third kappa shape index (κ3) is 2.61. The molecule has 1 aromatic heterocycles. The van der Waals surface area contributed by atoms with E-state index < -0.39 is 0 Å². The van der Waals surface area contributed by atoms with Gasteiger partial charge in [0.25, 0.3) is 0 Å². The number of para-hydroxylation sites is 1. The van der Waals surface area contributed by atoms with Crippen LogP contribution in [0.25, 0.3) is 33.1 Å². The minimum atomic E-state index is 0.184. The molecule has 5 aromatic rings. The fourth-order valence-corrected chi connectivity index (χ4v) is 9.47. The number of hydrogen-bond donors (Lipinski definition) is 1. The molecule has 5 aliphatic rings. The lowest BCUT2D eigenvalue weighted by molar-refractivity contribution is 0.0618. The van der Waals surface area contributed by atoms with E-state index in [9.17, 15) is 0 Å². The van der Waals surface area contributed by atoms with Crippen LogP contribution in [0.2, 0.25) is 0 Å². The second-order valence-corrected chi connectivity index (χ2v) is 12.2. The van der Waals surface area contributed by atoms with Crippen molar-refractivity contribution in [2.45, 2.75) is 43.9 Å². The summed E-state index contributed by atoms with van der Waals surface area (Å²) in [6.07, 6.45) is 8.56. The summed E-state index contributed by atoms with van der Waals surface area (Å²) in [5.41, 5.74) is 10.5. The van der Waals surface area contributed by atoms with Gasteiger partial charge in [0.15, 0.2) is 0 Å². The Labute approximate surface area is 217 Å². The first-order valence-corrected chi connectivity index (χ1v) is 14.2. The largest absolute Gasteiger partial charge is 0.456 e. The van der Waals surface area contributed by atoms with Crippen molar-refractivity contribution in [2.24, 2.45) is 23.7 Å². The van der Waals surface area contributed by atoms with Gasteiger partial charge in [-0.1, -0.05) is 67.1 Å². The quantitative estimate of drug-likeness (QED) is 0.272. The van der Waals surface area contributed by atoms with E-state index in [0.717, 1.165) is 40.5 Å². The Morgan fingerprint density at radius 3 is 2.38 bits per heavy atom. The van der Waals surface area contributed by atoms with E-state index in [2.05, 4.69) is 84.2 Å². The van der Waals surface area contributed by atoms with Gasteiger partial charge in [-0.2, -0.15) is 0 Å². The van der Waals surface area contributed by atoms with Crippen LogP contribution in [0.15, 0.2) is 89.3 Å². The SMILES string of the molecule is c1ccc2c(c1)-c1c(Nc3cccc4oc5ccccc5c34)cccc1C21C2CCC3CC(C2)CC1C3. The maximum absolute atomic E-state index is 6.21. The van der Waals surface area contributed by atoms with Crippen LogP contribution >= 0.6 is 0 Å². The Balaban J connectivity index is 1.27. The molecule has 10 rings (SSSR count). The van der Waals surface area contributed by atoms with Crippen molar-refractivity contribution in [3.8, 4) is 11.1 Å². The van der Waals surface area contributed by atoms with Crippen LogP contribution in [0.5, 0.6) is 0 Å². The van der Waals surface area contributed by atoms with Crippen LogP contribution in [0, 0.1) is 23.7 Å². The maximum Gasteiger partial charge on any atom is 0.137 e. The third-order valence-corrected chi connectivity index (χ3v) is 10.6. The Morgan fingerprint density at radius 2 is 1.38 bits per heavy atom. The summed E-state index contributed by atoms with van der Waals surface area (Å²) < 4.78 is 6.21. The lowest BCUT2D eigenvalue weighted by Crippen LogP contribution is -2.48. The fourth-order valence-electron chi connectivity index (χ4n) is 9.47. The number of rotatable bonds is 2. The molecule has 0 radical (unpaired) electrons. The van der Waals surface area contributed by atoms with Gasteiger partial charge in [0.05, 0.1) is 11.1 Å². The first-order chi connectivity index (χ1) is 18.3. The van der Waals surface area contributed by atoms with E-state index in [1.54, 1.807) is 11.1 Å². The second kappa shape index (κ2) is 7.28. The summed E-state index contributed by atoms with van der Waals surface area (Å²) in [6.45, 7) is 0. The minimum absolute atomic E-state index is 0.184. The maximum atomic E-state index is 6.21. The average Bonchev–Trinajstić information content (AvgIpc) is 3.37. The Morgan fingerprint density at radius 1 is 0.622 bits per heavy atom. The highest BCUT2D eigenvalue weighted by Gasteiger charge is 2.59. The topological polar surface area (TPSA) is 25.2 Å². The van der Waals surface area contributed by atoms with Gasteiger partial charge in [0.1, 0.15) is 11.2 Å². The van der Waals surface area contributed by atoms with Crippen LogP contribution in [0.4, 0.5) is 11.4 Å². The van der Waals surface area contributed by atoms with Crippen LogP contribution in [-0.4, -0.2) is 0 Å². The molecule has 5 atom stereocenters. The summed E-state index contributed by atoms with van der Waals surface area (Å²) in [7, 11) is 0. The summed E-state index contributed by atoms with van der Waals surface area (Å²) in [6, 6.07) is 31.3. The molecule has 0 aliphatic heterocycles. The van der Waals surface area contributed by atoms with Crippen molar-refractivity contribution >= 4 is 33.3 Å². The molecule has 2 nitrogen and oxygen atoms in total. The lowest BCUT2D eigenvalue weighted by atomic mass is 9.51. The smallest absolute Gasteiger partial charge is 0.137 e. The summed E-state index contributed by atoms with van der Waals surface area (Å²) >= 11 is 0. The number of furan rings is 1. The highest BCUT2D eigenvalue weighted by Crippen LogP contribution is 2.68. The molecule has 4 bridgehead atoms. The van der Waals surface area contributed by atoms with E-state index in [1.165, 1.54) is 66.1 Å². The molecule has 182 valence electrons. The molecular weight excluding hydrogens is 450 g/mol. The van der Waals surface area contributed by atoms with Gasteiger partial charge >= 0.3 is 0 Å². The van der Waals surface area contributed by atoms with Gasteiger partial charge < -0.3 is 9.73 Å². The lowest BCUT2D eigenvalue weighted by Gasteiger charge is -2.53. The van der Waals surface area contributed by atoms with Crippen LogP contribution in [-0.2, 0) is 5.41 Å². The molecule has 37 heavy (non-hydrogen) atoms. The van der Waals surface area contributed by atoms with Crippen molar-refractivity contribution in [1.29, 1.82) is 0 Å². The van der Waals surface area contributed by atoms with Gasteiger partial charge in [0.2, 0.25) is 0 Å². The van der Waals surface area contributed by atoms with Gasteiger partial charge in [-0.05, 0) is 96.7 Å². The summed E-state index contributed by atoms with van der Waals surface area (Å²) in [4.78, 5) is 0. The average molecular weight is 482 g/mol. The third-order valence-electron chi connectivity index (χ3n) is 10.6. The zero-order chi connectivity index (χ0) is 24.1. The van der Waals surface area contributed by atoms with Crippen molar-refractivity contribution in [3.05, 3.63) is 96.1 Å². The second-order valence-electron chi connectivity index (χ2n) is 12.2. The molecule has 1 heterocycles. The molecule has 0 amide bonds. The van der Waals surface area contributed by atoms with Gasteiger partial charge in [-0.3, -0.25) is 0 Å². The highest BCUT2D eigenvalue weighted by atomic mass is 16.3. The van der Waals surface area contributed by atoms with E-state index in [4.69, 9.17) is 4.42 Å². The normalized spacial score (nSPS) is 29.1. The van der Waals surface area contributed by atoms with Crippen LogP contribution in [0.1, 0.15) is 49.7 Å². The summed E-state index contributed by atoms with van der Waals surface area (Å²) in [5, 5.41) is 6.27. The predicted molar refractivity (Wildman–Crippen MR) is 151 cm³/mol. The van der Waals surface area contributed by atoms with Gasteiger partial charge in [0, 0.05) is 22.1 Å². The fraction of sp³-hybridized carbons (Fsp3) is 0.314. The molecule has 4 saturated carbocycles.